The van der Waals surface area contributed by atoms with Crippen molar-refractivity contribution in [3.63, 3.8) is 0 Å². The van der Waals surface area contributed by atoms with Crippen LogP contribution in [0.3, 0.4) is 0 Å². The summed E-state index contributed by atoms with van der Waals surface area (Å²) in [7, 11) is 0. The zero-order valence-electron chi connectivity index (χ0n) is 15.8. The number of ether oxygens (including phenoxy) is 1. The van der Waals surface area contributed by atoms with Crippen molar-refractivity contribution in [2.45, 2.75) is 12.5 Å². The minimum atomic E-state index is -0.592. The number of benzene rings is 2. The summed E-state index contributed by atoms with van der Waals surface area (Å²) in [5.74, 6) is -0.372. The Morgan fingerprint density at radius 2 is 1.83 bits per heavy atom. The molecule has 1 saturated heterocycles. The maximum absolute atomic E-state index is 12.7. The van der Waals surface area contributed by atoms with E-state index in [1.165, 1.54) is 11.0 Å². The molecule has 144 valence electrons. The van der Waals surface area contributed by atoms with Gasteiger partial charge >= 0.3 is 6.09 Å². The molecular weight excluding hydrogens is 364 g/mol. The molecule has 3 aromatic rings. The molecule has 5 heteroatoms. The highest BCUT2D eigenvalue weighted by molar-refractivity contribution is 6.02. The molecule has 0 bridgehead atoms. The minimum absolute atomic E-state index is 0.213. The second-order valence-corrected chi connectivity index (χ2v) is 6.82. The summed E-state index contributed by atoms with van der Waals surface area (Å²) in [4.78, 5) is 30.1. The van der Waals surface area contributed by atoms with E-state index >= 15 is 0 Å². The summed E-state index contributed by atoms with van der Waals surface area (Å²) in [6, 6.07) is 21.2. The molecule has 1 aliphatic rings. The lowest BCUT2D eigenvalue weighted by molar-refractivity contribution is -0.124. The van der Waals surface area contributed by atoms with Gasteiger partial charge in [-0.3, -0.25) is 9.78 Å². The first-order chi connectivity index (χ1) is 14.2. The van der Waals surface area contributed by atoms with Crippen LogP contribution >= 0.6 is 0 Å². The smallest absolute Gasteiger partial charge is 0.417 e. The lowest BCUT2D eigenvalue weighted by Crippen LogP contribution is -2.39. The van der Waals surface area contributed by atoms with Crippen molar-refractivity contribution in [2.75, 3.05) is 6.61 Å². The maximum atomic E-state index is 12.7. The second kappa shape index (κ2) is 8.52. The van der Waals surface area contributed by atoms with Gasteiger partial charge in [0.1, 0.15) is 6.61 Å². The summed E-state index contributed by atoms with van der Waals surface area (Å²) < 4.78 is 5.13. The molecule has 0 spiro atoms. The monoisotopic (exact) mass is 384 g/mol. The van der Waals surface area contributed by atoms with Gasteiger partial charge in [-0.05, 0) is 52.9 Å². The highest BCUT2D eigenvalue weighted by atomic mass is 16.6. The van der Waals surface area contributed by atoms with E-state index in [2.05, 4.69) is 4.98 Å². The first-order valence-corrected chi connectivity index (χ1v) is 9.43. The van der Waals surface area contributed by atoms with E-state index in [9.17, 15) is 9.59 Å². The molecule has 1 aliphatic heterocycles. The van der Waals surface area contributed by atoms with Crippen LogP contribution in [0.2, 0.25) is 0 Å². The normalized spacial score (nSPS) is 16.2. The summed E-state index contributed by atoms with van der Waals surface area (Å²) in [5, 5.41) is 0. The fraction of sp³-hybridized carbons (Fsp3) is 0.125. The number of aromatic nitrogens is 1. The minimum Gasteiger partial charge on any atom is -0.447 e. The second-order valence-electron chi connectivity index (χ2n) is 6.82. The Hall–Kier alpha value is -3.73. The number of nitrogens with zero attached hydrogens (tertiary/aromatic N) is 2. The molecular formula is C24H20N2O3. The van der Waals surface area contributed by atoms with E-state index < -0.39 is 6.09 Å². The predicted molar refractivity (Wildman–Crippen MR) is 111 cm³/mol. The quantitative estimate of drug-likeness (QED) is 0.614. The SMILES string of the molecule is O=C(/C=C/c1cccc(-c2ccncc2)c1)N1C(=O)OCC1Cc1ccccc1. The van der Waals surface area contributed by atoms with Crippen molar-refractivity contribution in [2.24, 2.45) is 0 Å². The third-order valence-electron chi connectivity index (χ3n) is 4.83. The Bertz CT molecular complexity index is 1030. The average molecular weight is 384 g/mol. The number of rotatable bonds is 5. The molecule has 1 fully saturated rings. The number of hydrogen-bond acceptors (Lipinski definition) is 4. The number of pyridine rings is 1. The standard InChI is InChI=1S/C24H20N2O3/c27-23(26-22(17-29-24(26)28)16-18-5-2-1-3-6-18)10-9-19-7-4-8-21(15-19)20-11-13-25-14-12-20/h1-15,22H,16-17H2/b10-9+. The van der Waals surface area contributed by atoms with Gasteiger partial charge in [-0.25, -0.2) is 9.69 Å². The summed E-state index contributed by atoms with van der Waals surface area (Å²) in [6.07, 6.45) is 6.62. The van der Waals surface area contributed by atoms with E-state index in [0.29, 0.717) is 6.42 Å². The van der Waals surface area contributed by atoms with Gasteiger partial charge in [0, 0.05) is 18.5 Å². The van der Waals surface area contributed by atoms with Gasteiger partial charge in [0.05, 0.1) is 6.04 Å². The topological polar surface area (TPSA) is 59.5 Å². The molecule has 2 amide bonds. The molecule has 0 N–H and O–H groups in total. The van der Waals surface area contributed by atoms with Gasteiger partial charge in [-0.15, -0.1) is 0 Å². The van der Waals surface area contributed by atoms with Gasteiger partial charge in [-0.2, -0.15) is 0 Å². The van der Waals surface area contributed by atoms with Crippen LogP contribution in [-0.2, 0) is 16.0 Å². The Kier molecular flexibility index (Phi) is 5.47. The van der Waals surface area contributed by atoms with Crippen molar-refractivity contribution in [1.82, 2.24) is 9.88 Å². The Labute approximate surface area is 169 Å². The van der Waals surface area contributed by atoms with Gasteiger partial charge in [0.15, 0.2) is 0 Å². The fourth-order valence-electron chi connectivity index (χ4n) is 3.38. The predicted octanol–water partition coefficient (Wildman–Crippen LogP) is 4.35. The van der Waals surface area contributed by atoms with Crippen LogP contribution in [0.15, 0.2) is 85.2 Å². The number of amides is 2. The molecule has 1 atom stereocenters. The number of cyclic esters (lactones) is 1. The molecule has 1 aromatic heterocycles. The molecule has 0 radical (unpaired) electrons. The maximum Gasteiger partial charge on any atom is 0.417 e. The van der Waals surface area contributed by atoms with E-state index in [4.69, 9.17) is 4.74 Å². The lowest BCUT2D eigenvalue weighted by atomic mass is 10.0. The van der Waals surface area contributed by atoms with E-state index in [-0.39, 0.29) is 18.6 Å². The third kappa shape index (κ3) is 4.41. The summed E-state index contributed by atoms with van der Waals surface area (Å²) in [6.45, 7) is 0.213. The van der Waals surface area contributed by atoms with E-state index in [0.717, 1.165) is 22.3 Å². The van der Waals surface area contributed by atoms with Gasteiger partial charge in [0.25, 0.3) is 5.91 Å². The molecule has 5 nitrogen and oxygen atoms in total. The highest BCUT2D eigenvalue weighted by Crippen LogP contribution is 2.21. The number of imide groups is 1. The van der Waals surface area contributed by atoms with Crippen LogP contribution in [0.5, 0.6) is 0 Å². The van der Waals surface area contributed by atoms with Crippen molar-refractivity contribution in [1.29, 1.82) is 0 Å². The highest BCUT2D eigenvalue weighted by Gasteiger charge is 2.36. The number of carbonyl (C=O) groups excluding carboxylic acids is 2. The van der Waals surface area contributed by atoms with Gasteiger partial charge in [0.2, 0.25) is 0 Å². The number of carbonyl (C=O) groups is 2. The molecule has 0 saturated carbocycles. The third-order valence-corrected chi connectivity index (χ3v) is 4.83. The molecule has 0 aliphatic carbocycles. The van der Waals surface area contributed by atoms with E-state index in [1.54, 1.807) is 18.5 Å². The molecule has 4 rings (SSSR count). The van der Waals surface area contributed by atoms with Crippen LogP contribution in [0.25, 0.3) is 17.2 Å². The van der Waals surface area contributed by atoms with Gasteiger partial charge < -0.3 is 4.74 Å². The van der Waals surface area contributed by atoms with Crippen LogP contribution in [0, 0.1) is 0 Å². The van der Waals surface area contributed by atoms with Crippen LogP contribution < -0.4 is 0 Å². The van der Waals surface area contributed by atoms with Crippen LogP contribution in [0.1, 0.15) is 11.1 Å². The van der Waals surface area contributed by atoms with Gasteiger partial charge in [-0.1, -0.05) is 48.5 Å². The van der Waals surface area contributed by atoms with Crippen molar-refractivity contribution in [3.05, 3.63) is 96.3 Å². The average Bonchev–Trinajstić information content (AvgIpc) is 3.13. The van der Waals surface area contributed by atoms with Crippen molar-refractivity contribution < 1.29 is 14.3 Å². The lowest BCUT2D eigenvalue weighted by Gasteiger charge is -2.18. The summed E-state index contributed by atoms with van der Waals surface area (Å²) in [5.41, 5.74) is 4.01. The summed E-state index contributed by atoms with van der Waals surface area (Å²) >= 11 is 0. The zero-order chi connectivity index (χ0) is 20.1. The van der Waals surface area contributed by atoms with Crippen LogP contribution in [0.4, 0.5) is 4.79 Å². The Balaban J connectivity index is 1.49. The van der Waals surface area contributed by atoms with Crippen molar-refractivity contribution >= 4 is 18.1 Å². The first kappa shape index (κ1) is 18.6. The van der Waals surface area contributed by atoms with Crippen molar-refractivity contribution in [3.8, 4) is 11.1 Å². The number of hydrogen-bond donors (Lipinski definition) is 0. The molecule has 2 heterocycles. The largest absolute Gasteiger partial charge is 0.447 e. The Morgan fingerprint density at radius 1 is 1.03 bits per heavy atom. The molecule has 29 heavy (non-hydrogen) atoms. The zero-order valence-corrected chi connectivity index (χ0v) is 15.8. The molecule has 2 aromatic carbocycles. The van der Waals surface area contributed by atoms with Crippen LogP contribution in [-0.4, -0.2) is 34.5 Å². The fourth-order valence-corrected chi connectivity index (χ4v) is 3.38. The Morgan fingerprint density at radius 3 is 2.62 bits per heavy atom. The molecule has 1 unspecified atom stereocenters. The first-order valence-electron chi connectivity index (χ1n) is 9.43. The van der Waals surface area contributed by atoms with E-state index in [1.807, 2.05) is 66.7 Å².